The van der Waals surface area contributed by atoms with Gasteiger partial charge >= 0.3 is 0 Å². The van der Waals surface area contributed by atoms with Crippen molar-refractivity contribution in [1.82, 2.24) is 25.8 Å². The Morgan fingerprint density at radius 3 is 1.28 bits per heavy atom. The van der Waals surface area contributed by atoms with E-state index in [9.17, 15) is 74.7 Å². The van der Waals surface area contributed by atoms with Crippen LogP contribution in [0.2, 0.25) is 0 Å². The summed E-state index contributed by atoms with van der Waals surface area (Å²) in [6, 6.07) is 4.74. The van der Waals surface area contributed by atoms with Crippen LogP contribution in [-0.4, -0.2) is 354 Å². The smallest absolute Gasteiger partial charge is 0.253 e. The van der Waals surface area contributed by atoms with Crippen LogP contribution in [0.5, 0.6) is 0 Å². The monoisotopic (exact) mass is 1470 g/mol. The normalized spacial score (nSPS) is 15.5. The Labute approximate surface area is 598 Å². The predicted molar refractivity (Wildman–Crippen MR) is 367 cm³/mol. The van der Waals surface area contributed by atoms with Gasteiger partial charge in [0.25, 0.3) is 11.8 Å². The second-order valence-electron chi connectivity index (χ2n) is 24.4. The number of benzene rings is 1. The molecule has 0 fully saturated rings. The van der Waals surface area contributed by atoms with Gasteiger partial charge in [-0.15, -0.1) is 0 Å². The number of unbranched alkanes of at least 4 members (excludes halogenated alkanes) is 5. The van der Waals surface area contributed by atoms with Crippen molar-refractivity contribution in [3.8, 4) is 0 Å². The Hall–Kier alpha value is -4.94. The Bertz CT molecular complexity index is 2310. The first-order chi connectivity index (χ1) is 49.2. The van der Waals surface area contributed by atoms with Crippen molar-refractivity contribution in [2.24, 2.45) is 5.92 Å². The van der Waals surface area contributed by atoms with Gasteiger partial charge < -0.3 is 130 Å². The van der Waals surface area contributed by atoms with E-state index in [2.05, 4.69) is 21.3 Å². The van der Waals surface area contributed by atoms with Crippen LogP contribution in [0.3, 0.4) is 0 Å². The molecule has 15 N–H and O–H groups in total. The van der Waals surface area contributed by atoms with Crippen LogP contribution < -0.4 is 21.3 Å². The van der Waals surface area contributed by atoms with E-state index in [4.69, 9.17) is 62.3 Å². The molecule has 0 unspecified atom stereocenters. The van der Waals surface area contributed by atoms with Gasteiger partial charge in [0.2, 0.25) is 23.6 Å². The molecule has 10 atom stereocenters. The minimum atomic E-state index is -1.89. The summed E-state index contributed by atoms with van der Waals surface area (Å²) >= 11 is 0. The summed E-state index contributed by atoms with van der Waals surface area (Å²) in [4.78, 5) is 78.6. The summed E-state index contributed by atoms with van der Waals surface area (Å²) in [6.07, 6.45) is -6.03. The first-order valence-electron chi connectivity index (χ1n) is 35.4. The molecule has 0 aliphatic carbocycles. The van der Waals surface area contributed by atoms with Crippen LogP contribution in [0.25, 0.3) is 0 Å². The van der Waals surface area contributed by atoms with E-state index in [1.54, 1.807) is 38.1 Å². The van der Waals surface area contributed by atoms with Crippen LogP contribution in [0.15, 0.2) is 36.4 Å². The first kappa shape index (κ1) is 93.1. The lowest BCUT2D eigenvalue weighted by Crippen LogP contribution is -2.54. The molecule has 1 aromatic rings. The highest BCUT2D eigenvalue weighted by atomic mass is 16.6. The largest absolute Gasteiger partial charge is 0.394 e. The van der Waals surface area contributed by atoms with E-state index in [1.807, 2.05) is 0 Å². The number of rotatable bonds is 69. The lowest BCUT2D eigenvalue weighted by molar-refractivity contribution is -0.137. The van der Waals surface area contributed by atoms with Gasteiger partial charge in [0, 0.05) is 76.6 Å². The van der Waals surface area contributed by atoms with Crippen molar-refractivity contribution in [2.75, 3.05) is 197 Å². The lowest BCUT2D eigenvalue weighted by atomic mass is 10.0. The number of nitrogens with one attached hydrogen (secondary N) is 4. The maximum Gasteiger partial charge on any atom is 0.253 e. The number of carbonyl (C=O) groups is 6. The molecule has 1 aliphatic rings. The number of ether oxygens (including phenoxy) is 11. The second kappa shape index (κ2) is 60.2. The topological polar surface area (TPSA) is 481 Å². The lowest BCUT2D eigenvalue weighted by Gasteiger charge is -2.33. The van der Waals surface area contributed by atoms with Crippen molar-refractivity contribution in [3.63, 3.8) is 0 Å². The molecule has 0 saturated heterocycles. The van der Waals surface area contributed by atoms with Gasteiger partial charge in [-0.25, -0.2) is 0 Å². The third kappa shape index (κ3) is 44.8. The number of nitrogens with zero attached hydrogens (tertiary/aromatic N) is 2. The molecule has 590 valence electrons. The van der Waals surface area contributed by atoms with Crippen molar-refractivity contribution in [2.45, 2.75) is 152 Å². The summed E-state index contributed by atoms with van der Waals surface area (Å²) in [5.74, 6) is -2.54. The summed E-state index contributed by atoms with van der Waals surface area (Å²) in [5, 5.41) is 119. The number of carbonyl (C=O) groups excluding carboxylic acids is 6. The fourth-order valence-corrected chi connectivity index (χ4v) is 9.66. The molecule has 1 aromatic carbocycles. The van der Waals surface area contributed by atoms with Crippen molar-refractivity contribution in [1.29, 1.82) is 0 Å². The van der Waals surface area contributed by atoms with Crippen LogP contribution in [0, 0.1) is 5.92 Å². The van der Waals surface area contributed by atoms with Crippen LogP contribution >= 0.6 is 0 Å². The first-order valence-corrected chi connectivity index (χ1v) is 35.4. The highest BCUT2D eigenvalue weighted by Crippen LogP contribution is 2.15. The number of aliphatic hydroxyl groups is 11. The molecule has 6 amide bonds. The fourth-order valence-electron chi connectivity index (χ4n) is 9.66. The zero-order chi connectivity index (χ0) is 75.0. The summed E-state index contributed by atoms with van der Waals surface area (Å²) in [6.45, 7) is 9.56. The van der Waals surface area contributed by atoms with Gasteiger partial charge in [0.1, 0.15) is 48.7 Å². The molecule has 0 bridgehead atoms. The summed E-state index contributed by atoms with van der Waals surface area (Å²) in [5.41, 5.74) is 1.14. The van der Waals surface area contributed by atoms with E-state index < -0.39 is 99.0 Å². The van der Waals surface area contributed by atoms with E-state index in [0.717, 1.165) is 24.2 Å². The third-order valence-corrected chi connectivity index (χ3v) is 15.7. The van der Waals surface area contributed by atoms with Gasteiger partial charge in [-0.2, -0.15) is 0 Å². The number of anilines is 1. The zero-order valence-electron chi connectivity index (χ0n) is 59.6. The molecule has 102 heavy (non-hydrogen) atoms. The fraction of sp³-hybridized carbons (Fsp3) is 0.794. The molecule has 34 nitrogen and oxygen atoms in total. The van der Waals surface area contributed by atoms with Crippen LogP contribution in [-0.2, 0) is 87.5 Å². The molecule has 0 saturated carbocycles. The average molecular weight is 1470 g/mol. The number of aliphatic hydroxyl groups excluding tert-OH is 11. The molecule has 0 spiro atoms. The van der Waals surface area contributed by atoms with Crippen molar-refractivity contribution in [3.05, 3.63) is 42.0 Å². The number of amides is 6. The molecule has 1 aliphatic heterocycles. The average Bonchev–Trinajstić information content (AvgIpc) is 1.05. The second-order valence-corrected chi connectivity index (χ2v) is 24.4. The van der Waals surface area contributed by atoms with Crippen molar-refractivity contribution < 1.29 is 137 Å². The van der Waals surface area contributed by atoms with E-state index in [1.165, 1.54) is 17.1 Å². The van der Waals surface area contributed by atoms with Gasteiger partial charge in [-0.3, -0.25) is 38.6 Å². The van der Waals surface area contributed by atoms with Crippen LogP contribution in [0.1, 0.15) is 90.0 Å². The molecule has 2 rings (SSSR count). The van der Waals surface area contributed by atoms with Gasteiger partial charge in [-0.1, -0.05) is 32.4 Å². The molecule has 34 heteroatoms. The molecule has 0 radical (unpaired) electrons. The van der Waals surface area contributed by atoms with Crippen molar-refractivity contribution >= 4 is 41.1 Å². The molecular formula is C68H120N6O28. The Morgan fingerprint density at radius 1 is 0.441 bits per heavy atom. The standard InChI is InChI=1S/C68H120N6O28/c1-50(2)62(72-59(83)12-5-3-8-21-74-60(84)17-18-61(74)85)68(91)71-53(67(90)70-52-15-13-51(47-75)14-16-52)11-6-7-20-69-58(82)19-25-94-29-33-98-37-41-100-39-35-96-31-27-92-23-9-4-10-24-93-28-32-97-36-40-101-43-44-102-42-38-99-34-30-95-26-22-73(45-54(78)63(86)65(88)56(80)48-76)46-55(79)64(87)66(89)57(81)49-77/h13-18,50,53-57,62-66,75-81,86-89H,3-12,19-49H2,1-2H3,(H,69,82)(H,70,90)(H,71,91)(H,72,83)/t53-,54-,55-,56+,57+,62-,63+,64+,65+,66+/m0/s1. The number of imide groups is 1. The Morgan fingerprint density at radius 2 is 0.853 bits per heavy atom. The number of hydrogen-bond acceptors (Lipinski definition) is 29. The molecule has 0 aromatic heterocycles. The van der Waals surface area contributed by atoms with Gasteiger partial charge in [-0.05, 0) is 75.0 Å². The Balaban J connectivity index is 1.38. The van der Waals surface area contributed by atoms with Crippen LogP contribution in [0.4, 0.5) is 5.69 Å². The number of hydrogen-bond donors (Lipinski definition) is 15. The van der Waals surface area contributed by atoms with E-state index >= 15 is 0 Å². The molecule has 1 heterocycles. The maximum absolute atomic E-state index is 13.6. The third-order valence-electron chi connectivity index (χ3n) is 15.7. The minimum Gasteiger partial charge on any atom is -0.394 e. The molecular weight excluding hydrogens is 1350 g/mol. The van der Waals surface area contributed by atoms with Gasteiger partial charge in [0.15, 0.2) is 0 Å². The summed E-state index contributed by atoms with van der Waals surface area (Å²) in [7, 11) is 0. The Kier molecular flexibility index (Phi) is 55.0. The minimum absolute atomic E-state index is 0.0173. The zero-order valence-corrected chi connectivity index (χ0v) is 59.6. The highest BCUT2D eigenvalue weighted by molar-refractivity contribution is 6.12. The maximum atomic E-state index is 13.6. The predicted octanol–water partition coefficient (Wildman–Crippen LogP) is -3.57. The SMILES string of the molecule is CC(C)[C@H](NC(=O)CCCCCN1C(=O)C=CC1=O)C(=O)N[C@@H](CCCCNC(=O)CCOCCOCCOCCOCCOCCCCCOCCOCCOCCOCCOCCOCCN(C[C@H](O)[C@@H](O)[C@H](O)[C@H](O)CO)C[C@H](O)[C@@H](O)[C@H](O)[C@H](O)CO)C(=O)Nc1ccc(CO)cc1. The quantitative estimate of drug-likeness (QED) is 0.0222. The highest BCUT2D eigenvalue weighted by Gasteiger charge is 2.35. The van der Waals surface area contributed by atoms with Gasteiger partial charge in [0.05, 0.1) is 164 Å². The van der Waals surface area contributed by atoms with E-state index in [-0.39, 0.29) is 102 Å². The van der Waals surface area contributed by atoms with E-state index in [0.29, 0.717) is 162 Å². The summed E-state index contributed by atoms with van der Waals surface area (Å²) < 4.78 is 61.1.